The highest BCUT2D eigenvalue weighted by Crippen LogP contribution is 2.43. The van der Waals surface area contributed by atoms with Crippen molar-refractivity contribution in [1.29, 1.82) is 0 Å². The maximum Gasteiger partial charge on any atom is 0.147 e. The van der Waals surface area contributed by atoms with Crippen molar-refractivity contribution in [2.24, 2.45) is 5.92 Å². The van der Waals surface area contributed by atoms with Gasteiger partial charge in [0.1, 0.15) is 27.6 Å². The van der Waals surface area contributed by atoms with Crippen LogP contribution in [0.5, 0.6) is 0 Å². The monoisotopic (exact) mass is 482 g/mol. The van der Waals surface area contributed by atoms with E-state index in [0.29, 0.717) is 24.2 Å². The van der Waals surface area contributed by atoms with E-state index in [2.05, 4.69) is 43.6 Å². The average Bonchev–Trinajstić information content (AvgIpc) is 3.16. The number of sulfone groups is 1. The molecule has 9 heteroatoms. The van der Waals surface area contributed by atoms with E-state index in [1.54, 1.807) is 6.33 Å². The van der Waals surface area contributed by atoms with E-state index in [9.17, 15) is 8.42 Å². The average molecular weight is 483 g/mol. The molecule has 8 nitrogen and oxygen atoms in total. The van der Waals surface area contributed by atoms with Crippen molar-refractivity contribution in [2.45, 2.75) is 25.3 Å². The summed E-state index contributed by atoms with van der Waals surface area (Å²) < 4.78 is 25.5. The first-order valence-electron chi connectivity index (χ1n) is 12.1. The molecule has 3 aromatic rings. The summed E-state index contributed by atoms with van der Waals surface area (Å²) in [7, 11) is -0.818. The van der Waals surface area contributed by atoms with E-state index in [0.717, 1.165) is 66.7 Å². The molecule has 0 spiro atoms. The van der Waals surface area contributed by atoms with Gasteiger partial charge in [0.25, 0.3) is 0 Å². The number of benzene rings is 1. The van der Waals surface area contributed by atoms with Crippen LogP contribution < -0.4 is 5.73 Å². The number of hydrogen-bond donors (Lipinski definition) is 1. The molecule has 2 aliphatic rings. The minimum atomic E-state index is -3.01. The van der Waals surface area contributed by atoms with Crippen molar-refractivity contribution in [3.8, 4) is 11.1 Å². The fourth-order valence-corrected chi connectivity index (χ4v) is 5.88. The number of nitrogens with two attached hydrogens (primary N) is 1. The normalized spacial score (nSPS) is 22.2. The molecule has 0 atom stereocenters. The molecule has 1 aliphatic carbocycles. The van der Waals surface area contributed by atoms with Crippen LogP contribution in [-0.4, -0.2) is 84.5 Å². The Morgan fingerprint density at radius 2 is 1.88 bits per heavy atom. The molecule has 3 heterocycles. The molecule has 1 aromatic carbocycles. The molecule has 0 bridgehead atoms. The number of nitrogen functional groups attached to an aromatic ring is 1. The van der Waals surface area contributed by atoms with E-state index in [-0.39, 0.29) is 5.75 Å². The molecule has 34 heavy (non-hydrogen) atoms. The molecular formula is C25H34N6O2S. The van der Waals surface area contributed by atoms with Crippen LogP contribution in [-0.2, 0) is 16.3 Å². The van der Waals surface area contributed by atoms with Crippen LogP contribution in [0.2, 0.25) is 0 Å². The van der Waals surface area contributed by atoms with Gasteiger partial charge in [-0.3, -0.25) is 0 Å². The molecule has 182 valence electrons. The fourth-order valence-electron chi connectivity index (χ4n) is 5.28. The molecule has 2 aromatic heterocycles. The second kappa shape index (κ2) is 9.28. The molecule has 1 saturated heterocycles. The zero-order valence-corrected chi connectivity index (χ0v) is 20.8. The molecule has 0 amide bonds. The summed E-state index contributed by atoms with van der Waals surface area (Å²) in [6, 6.07) is 8.48. The van der Waals surface area contributed by atoms with Crippen molar-refractivity contribution < 1.29 is 8.42 Å². The summed E-state index contributed by atoms with van der Waals surface area (Å²) in [5.74, 6) is 1.33. The lowest BCUT2D eigenvalue weighted by Crippen LogP contribution is -2.47. The molecule has 1 saturated carbocycles. The van der Waals surface area contributed by atoms with Crippen molar-refractivity contribution in [3.05, 3.63) is 42.4 Å². The lowest BCUT2D eigenvalue weighted by Gasteiger charge is -2.41. The van der Waals surface area contributed by atoms with Crippen molar-refractivity contribution in [3.63, 3.8) is 0 Å². The van der Waals surface area contributed by atoms with Gasteiger partial charge in [-0.05, 0) is 43.4 Å². The van der Waals surface area contributed by atoms with E-state index in [4.69, 9.17) is 5.73 Å². The highest BCUT2D eigenvalue weighted by atomic mass is 32.2. The summed E-state index contributed by atoms with van der Waals surface area (Å²) >= 11 is 0. The predicted octanol–water partition coefficient (Wildman–Crippen LogP) is 2.47. The minimum absolute atomic E-state index is 0.139. The zero-order chi connectivity index (χ0) is 23.9. The number of anilines is 1. The fraction of sp³-hybridized carbons (Fsp3) is 0.520. The Morgan fingerprint density at radius 3 is 2.62 bits per heavy atom. The van der Waals surface area contributed by atoms with Crippen LogP contribution >= 0.6 is 0 Å². The lowest BCUT2D eigenvalue weighted by atomic mass is 9.79. The lowest BCUT2D eigenvalue weighted by molar-refractivity contribution is 0.0920. The van der Waals surface area contributed by atoms with Gasteiger partial charge < -0.3 is 20.1 Å². The van der Waals surface area contributed by atoms with Crippen LogP contribution in [0.4, 0.5) is 5.82 Å². The second-order valence-corrected chi connectivity index (χ2v) is 12.3. The Labute approximate surface area is 201 Å². The van der Waals surface area contributed by atoms with Gasteiger partial charge in [0.15, 0.2) is 0 Å². The first-order valence-corrected chi connectivity index (χ1v) is 14.1. The van der Waals surface area contributed by atoms with Gasteiger partial charge in [0.2, 0.25) is 0 Å². The molecule has 0 radical (unpaired) electrons. The number of nitrogens with zero attached hydrogens (tertiary/aromatic N) is 5. The Kier molecular flexibility index (Phi) is 6.35. The Hall–Kier alpha value is -2.49. The predicted molar refractivity (Wildman–Crippen MR) is 136 cm³/mol. The first kappa shape index (κ1) is 23.3. The molecule has 1 aliphatic heterocycles. The standard InChI is InChI=1S/C25H34N6O2S/c1-29-7-9-30(10-8-29)15-19-13-21(14-19)31-16-22(23-24(26)27-17-28-25(23)31)20-5-3-4-18(12-20)6-11-34(2,32)33/h3-5,12,16-17,19,21H,6-11,13-15H2,1-2H3,(H2,26,27,28). The van der Waals surface area contributed by atoms with E-state index in [1.165, 1.54) is 12.8 Å². The topological polar surface area (TPSA) is 97.3 Å². The van der Waals surface area contributed by atoms with Gasteiger partial charge >= 0.3 is 0 Å². The smallest absolute Gasteiger partial charge is 0.147 e. The van der Waals surface area contributed by atoms with Gasteiger partial charge in [-0.25, -0.2) is 18.4 Å². The number of hydrogen-bond acceptors (Lipinski definition) is 7. The van der Waals surface area contributed by atoms with E-state index in [1.807, 2.05) is 18.2 Å². The van der Waals surface area contributed by atoms with Gasteiger partial charge in [-0.2, -0.15) is 0 Å². The van der Waals surface area contributed by atoms with E-state index >= 15 is 0 Å². The number of piperazine rings is 1. The van der Waals surface area contributed by atoms with Gasteiger partial charge in [-0.15, -0.1) is 0 Å². The molecule has 5 rings (SSSR count). The molecule has 0 unspecified atom stereocenters. The van der Waals surface area contributed by atoms with Crippen LogP contribution in [0.25, 0.3) is 22.2 Å². The maximum atomic E-state index is 11.6. The zero-order valence-electron chi connectivity index (χ0n) is 20.0. The third-order valence-electron chi connectivity index (χ3n) is 7.35. The van der Waals surface area contributed by atoms with Gasteiger partial charge in [0.05, 0.1) is 11.1 Å². The Bertz CT molecular complexity index is 1270. The number of aromatic nitrogens is 3. The summed E-state index contributed by atoms with van der Waals surface area (Å²) in [4.78, 5) is 13.9. The van der Waals surface area contributed by atoms with Crippen LogP contribution in [0.3, 0.4) is 0 Å². The molecule has 2 N–H and O–H groups in total. The molecular weight excluding hydrogens is 448 g/mol. The van der Waals surface area contributed by atoms with Crippen molar-refractivity contribution >= 4 is 26.7 Å². The highest BCUT2D eigenvalue weighted by molar-refractivity contribution is 7.90. The Balaban J connectivity index is 1.37. The number of likely N-dealkylation sites (N-methyl/N-ethyl adjacent to an activating group) is 1. The Morgan fingerprint density at radius 1 is 1.12 bits per heavy atom. The quantitative estimate of drug-likeness (QED) is 0.552. The van der Waals surface area contributed by atoms with Crippen LogP contribution in [0.15, 0.2) is 36.8 Å². The largest absolute Gasteiger partial charge is 0.383 e. The van der Waals surface area contributed by atoms with Gasteiger partial charge in [-0.1, -0.05) is 24.3 Å². The minimum Gasteiger partial charge on any atom is -0.383 e. The number of aryl methyl sites for hydroxylation is 1. The SMILES string of the molecule is CN1CCN(CC2CC(n3cc(-c4cccc(CCS(C)(=O)=O)c4)c4c(N)ncnc43)C2)CC1. The third-order valence-corrected chi connectivity index (χ3v) is 8.30. The summed E-state index contributed by atoms with van der Waals surface area (Å²) in [6.45, 7) is 5.81. The summed E-state index contributed by atoms with van der Waals surface area (Å²) in [5, 5.41) is 0.880. The highest BCUT2D eigenvalue weighted by Gasteiger charge is 2.34. The number of fused-ring (bicyclic) bond motifs is 1. The summed E-state index contributed by atoms with van der Waals surface area (Å²) in [5.41, 5.74) is 10.2. The third kappa shape index (κ3) is 4.96. The van der Waals surface area contributed by atoms with E-state index < -0.39 is 9.84 Å². The van der Waals surface area contributed by atoms with Crippen molar-refractivity contribution in [2.75, 3.05) is 57.5 Å². The summed E-state index contributed by atoms with van der Waals surface area (Å²) in [6.07, 6.45) is 7.77. The van der Waals surface area contributed by atoms with Crippen molar-refractivity contribution in [1.82, 2.24) is 24.3 Å². The molecule has 2 fully saturated rings. The maximum absolute atomic E-state index is 11.6. The van der Waals surface area contributed by atoms with Crippen LogP contribution in [0, 0.1) is 5.92 Å². The van der Waals surface area contributed by atoms with Gasteiger partial charge in [0, 0.05) is 56.8 Å². The number of rotatable bonds is 7. The van der Waals surface area contributed by atoms with Crippen LogP contribution in [0.1, 0.15) is 24.4 Å². The first-order chi connectivity index (χ1) is 16.3. The second-order valence-electron chi connectivity index (χ2n) is 10.1.